The van der Waals surface area contributed by atoms with Gasteiger partial charge in [-0.2, -0.15) is 5.10 Å². The summed E-state index contributed by atoms with van der Waals surface area (Å²) in [6, 6.07) is 0. The molecule has 4 nitrogen and oxygen atoms in total. The van der Waals surface area contributed by atoms with Gasteiger partial charge in [-0.3, -0.25) is 4.68 Å². The lowest BCUT2D eigenvalue weighted by molar-refractivity contribution is 0.0514. The van der Waals surface area contributed by atoms with E-state index in [4.69, 9.17) is 4.74 Å². The van der Waals surface area contributed by atoms with Crippen LogP contribution in [-0.4, -0.2) is 34.7 Å². The number of aliphatic hydroxyl groups excluding tert-OH is 1. The largest absolute Gasteiger partial charge is 0.389 e. The summed E-state index contributed by atoms with van der Waals surface area (Å²) in [7, 11) is 1.57. The molecule has 12 heavy (non-hydrogen) atoms. The minimum absolute atomic E-state index is 0.346. The number of aliphatic hydroxyl groups is 1. The van der Waals surface area contributed by atoms with Crippen molar-refractivity contribution in [2.75, 3.05) is 13.7 Å². The Kier molecular flexibility index (Phi) is 3.25. The molecular formula is C8H14N2O2. The zero-order chi connectivity index (χ0) is 8.97. The number of methoxy groups -OCH3 is 1. The van der Waals surface area contributed by atoms with Crippen LogP contribution < -0.4 is 0 Å². The number of aromatic nitrogens is 2. The minimum atomic E-state index is -0.478. The Hall–Kier alpha value is -0.870. The van der Waals surface area contributed by atoms with Crippen LogP contribution in [0.1, 0.15) is 5.56 Å². The first-order valence-corrected chi connectivity index (χ1v) is 3.88. The number of ether oxygens (including phenoxy) is 1. The van der Waals surface area contributed by atoms with Gasteiger partial charge in [-0.1, -0.05) is 0 Å². The van der Waals surface area contributed by atoms with Crippen LogP contribution in [-0.2, 0) is 11.3 Å². The second kappa shape index (κ2) is 4.23. The summed E-state index contributed by atoms with van der Waals surface area (Å²) in [6.45, 7) is 2.80. The molecule has 0 radical (unpaired) electrons. The fourth-order valence-corrected chi connectivity index (χ4v) is 1.03. The molecule has 0 aromatic carbocycles. The quantitative estimate of drug-likeness (QED) is 0.702. The fourth-order valence-electron chi connectivity index (χ4n) is 1.03. The van der Waals surface area contributed by atoms with Crippen LogP contribution in [0.3, 0.4) is 0 Å². The van der Waals surface area contributed by atoms with Crippen LogP contribution in [0, 0.1) is 6.92 Å². The highest BCUT2D eigenvalue weighted by molar-refractivity contribution is 4.99. The Bertz CT molecular complexity index is 235. The fraction of sp³-hybridized carbons (Fsp3) is 0.625. The van der Waals surface area contributed by atoms with Crippen molar-refractivity contribution in [2.24, 2.45) is 0 Å². The molecule has 0 fully saturated rings. The van der Waals surface area contributed by atoms with Crippen LogP contribution >= 0.6 is 0 Å². The van der Waals surface area contributed by atoms with Gasteiger partial charge in [-0.15, -0.1) is 0 Å². The first-order chi connectivity index (χ1) is 5.72. The van der Waals surface area contributed by atoms with Crippen molar-refractivity contribution in [3.63, 3.8) is 0 Å². The lowest BCUT2D eigenvalue weighted by Gasteiger charge is -2.08. The van der Waals surface area contributed by atoms with Crippen LogP contribution in [0.2, 0.25) is 0 Å². The van der Waals surface area contributed by atoms with Crippen LogP contribution in [0.25, 0.3) is 0 Å². The third-order valence-corrected chi connectivity index (χ3v) is 1.52. The summed E-state index contributed by atoms with van der Waals surface area (Å²) in [5, 5.41) is 13.4. The molecule has 1 aromatic heterocycles. The number of nitrogens with zero attached hydrogens (tertiary/aromatic N) is 2. The van der Waals surface area contributed by atoms with Gasteiger partial charge in [0.1, 0.15) is 0 Å². The molecule has 0 aliphatic carbocycles. The smallest absolute Gasteiger partial charge is 0.0968 e. The second-order valence-electron chi connectivity index (χ2n) is 2.85. The van der Waals surface area contributed by atoms with Crippen LogP contribution in [0.5, 0.6) is 0 Å². The van der Waals surface area contributed by atoms with Gasteiger partial charge in [0.2, 0.25) is 0 Å². The van der Waals surface area contributed by atoms with Gasteiger partial charge in [0, 0.05) is 13.3 Å². The summed E-state index contributed by atoms with van der Waals surface area (Å²) in [4.78, 5) is 0. The molecule has 68 valence electrons. The Labute approximate surface area is 71.8 Å². The molecule has 0 aliphatic heterocycles. The lowest BCUT2D eigenvalue weighted by atomic mass is 10.4. The summed E-state index contributed by atoms with van der Waals surface area (Å²) in [5.41, 5.74) is 1.10. The van der Waals surface area contributed by atoms with Gasteiger partial charge in [-0.05, 0) is 12.5 Å². The summed E-state index contributed by atoms with van der Waals surface area (Å²) in [6.07, 6.45) is 3.17. The van der Waals surface area contributed by atoms with E-state index >= 15 is 0 Å². The molecule has 1 aromatic rings. The summed E-state index contributed by atoms with van der Waals surface area (Å²) < 4.78 is 6.50. The zero-order valence-electron chi connectivity index (χ0n) is 7.40. The zero-order valence-corrected chi connectivity index (χ0v) is 7.40. The van der Waals surface area contributed by atoms with Crippen molar-refractivity contribution in [3.05, 3.63) is 18.0 Å². The summed E-state index contributed by atoms with van der Waals surface area (Å²) in [5.74, 6) is 0. The van der Waals surface area contributed by atoms with E-state index in [1.165, 1.54) is 0 Å². The Morgan fingerprint density at radius 2 is 2.50 bits per heavy atom. The average molecular weight is 170 g/mol. The maximum atomic E-state index is 9.33. The van der Waals surface area contributed by atoms with Gasteiger partial charge in [0.05, 0.1) is 25.5 Å². The van der Waals surface area contributed by atoms with Crippen molar-refractivity contribution < 1.29 is 9.84 Å². The maximum absolute atomic E-state index is 9.33. The SMILES string of the molecule is COC[C@H](O)Cn1cc(C)cn1. The van der Waals surface area contributed by atoms with Crippen molar-refractivity contribution in [1.82, 2.24) is 9.78 Å². The predicted molar refractivity (Wildman–Crippen MR) is 44.8 cm³/mol. The molecule has 0 amide bonds. The molecule has 0 saturated heterocycles. The van der Waals surface area contributed by atoms with Gasteiger partial charge < -0.3 is 9.84 Å². The van der Waals surface area contributed by atoms with E-state index in [0.29, 0.717) is 13.2 Å². The average Bonchev–Trinajstić information content (AvgIpc) is 2.36. The first kappa shape index (κ1) is 9.22. The molecule has 0 unspecified atom stereocenters. The van der Waals surface area contributed by atoms with Gasteiger partial charge in [-0.25, -0.2) is 0 Å². The van der Waals surface area contributed by atoms with E-state index in [2.05, 4.69) is 5.10 Å². The van der Waals surface area contributed by atoms with E-state index < -0.39 is 6.10 Å². The topological polar surface area (TPSA) is 47.3 Å². The highest BCUT2D eigenvalue weighted by atomic mass is 16.5. The van der Waals surface area contributed by atoms with Gasteiger partial charge in [0.25, 0.3) is 0 Å². The van der Waals surface area contributed by atoms with Crippen molar-refractivity contribution in [3.8, 4) is 0 Å². The Morgan fingerprint density at radius 1 is 1.75 bits per heavy atom. The predicted octanol–water partition coefficient (Wildman–Crippen LogP) is 0.199. The van der Waals surface area contributed by atoms with Crippen LogP contribution in [0.4, 0.5) is 0 Å². The summed E-state index contributed by atoms with van der Waals surface area (Å²) >= 11 is 0. The van der Waals surface area contributed by atoms with E-state index in [1.807, 2.05) is 13.1 Å². The Balaban J connectivity index is 2.41. The van der Waals surface area contributed by atoms with E-state index in [0.717, 1.165) is 5.56 Å². The van der Waals surface area contributed by atoms with Crippen LogP contribution in [0.15, 0.2) is 12.4 Å². The van der Waals surface area contributed by atoms with E-state index in [9.17, 15) is 5.11 Å². The minimum Gasteiger partial charge on any atom is -0.389 e. The molecule has 0 aliphatic rings. The van der Waals surface area contributed by atoms with Gasteiger partial charge >= 0.3 is 0 Å². The third kappa shape index (κ3) is 2.64. The van der Waals surface area contributed by atoms with E-state index in [-0.39, 0.29) is 0 Å². The molecule has 1 rings (SSSR count). The van der Waals surface area contributed by atoms with Crippen molar-refractivity contribution in [1.29, 1.82) is 0 Å². The normalized spacial score (nSPS) is 13.2. The molecule has 0 saturated carbocycles. The number of hydrogen-bond acceptors (Lipinski definition) is 3. The highest BCUT2D eigenvalue weighted by Gasteiger charge is 2.04. The molecule has 1 heterocycles. The molecule has 0 spiro atoms. The number of hydrogen-bond donors (Lipinski definition) is 1. The van der Waals surface area contributed by atoms with Crippen molar-refractivity contribution in [2.45, 2.75) is 19.6 Å². The first-order valence-electron chi connectivity index (χ1n) is 3.88. The molecule has 1 N–H and O–H groups in total. The highest BCUT2D eigenvalue weighted by Crippen LogP contribution is 1.96. The Morgan fingerprint density at radius 3 is 3.00 bits per heavy atom. The van der Waals surface area contributed by atoms with Crippen molar-refractivity contribution >= 4 is 0 Å². The number of rotatable bonds is 4. The second-order valence-corrected chi connectivity index (χ2v) is 2.85. The third-order valence-electron chi connectivity index (χ3n) is 1.52. The monoisotopic (exact) mass is 170 g/mol. The molecule has 0 bridgehead atoms. The maximum Gasteiger partial charge on any atom is 0.0968 e. The number of aryl methyl sites for hydroxylation is 1. The molecular weight excluding hydrogens is 156 g/mol. The standard InChI is InChI=1S/C8H14N2O2/c1-7-3-9-10(4-7)5-8(11)6-12-2/h3-4,8,11H,5-6H2,1-2H3/t8-/m1/s1. The molecule has 1 atom stereocenters. The molecule has 4 heteroatoms. The van der Waals surface area contributed by atoms with Gasteiger partial charge in [0.15, 0.2) is 0 Å². The van der Waals surface area contributed by atoms with E-state index in [1.54, 1.807) is 18.0 Å². The lowest BCUT2D eigenvalue weighted by Crippen LogP contribution is -2.21.